The summed E-state index contributed by atoms with van der Waals surface area (Å²) in [6.45, 7) is 1.08. The quantitative estimate of drug-likeness (QED) is 0.178. The fourth-order valence-electron chi connectivity index (χ4n) is 2.54. The van der Waals surface area contributed by atoms with Gasteiger partial charge in [-0.2, -0.15) is 8.62 Å². The molecule has 2 aliphatic heterocycles. The molecular weight excluding hydrogens is 494 g/mol. The van der Waals surface area contributed by atoms with Gasteiger partial charge in [-0.05, 0) is 6.08 Å². The number of ether oxygens (including phenoxy) is 1. The molecule has 2 heterocycles. The van der Waals surface area contributed by atoms with E-state index in [0.29, 0.717) is 0 Å². The molecule has 0 spiro atoms. The minimum Gasteiger partial charge on any atom is -0.393 e. The lowest BCUT2D eigenvalue weighted by Gasteiger charge is -2.32. The van der Waals surface area contributed by atoms with Crippen LogP contribution in [-0.4, -0.2) is 77.8 Å². The van der Waals surface area contributed by atoms with Crippen molar-refractivity contribution in [1.29, 1.82) is 0 Å². The van der Waals surface area contributed by atoms with Crippen molar-refractivity contribution in [3.63, 3.8) is 0 Å². The van der Waals surface area contributed by atoms with Gasteiger partial charge in [0.25, 0.3) is 0 Å². The molecule has 2 rings (SSSR count). The van der Waals surface area contributed by atoms with E-state index in [9.17, 15) is 33.2 Å². The van der Waals surface area contributed by atoms with Crippen molar-refractivity contribution < 1.29 is 65.8 Å². The summed E-state index contributed by atoms with van der Waals surface area (Å²) in [4.78, 5) is 40.4. The topological polar surface area (TPSA) is 251 Å². The van der Waals surface area contributed by atoms with Crippen LogP contribution in [0.25, 0.3) is 0 Å². The van der Waals surface area contributed by atoms with Crippen molar-refractivity contribution in [2.45, 2.75) is 24.1 Å². The van der Waals surface area contributed by atoms with Gasteiger partial charge < -0.3 is 45.2 Å². The Balaban J connectivity index is 2.14. The second-order valence-corrected chi connectivity index (χ2v) is 10.6. The predicted octanol–water partition coefficient (Wildman–Crippen LogP) is -1.23. The van der Waals surface area contributed by atoms with Gasteiger partial charge >= 0.3 is 23.5 Å². The van der Waals surface area contributed by atoms with Crippen LogP contribution in [0.5, 0.6) is 0 Å². The number of rotatable bonds is 9. The highest BCUT2D eigenvalue weighted by Gasteiger charge is 2.58. The maximum atomic E-state index is 14.7. The number of hydrogen-bond donors (Lipinski definition) is 7. The number of aliphatic hydroxyl groups is 2. The Morgan fingerprint density at radius 1 is 1.26 bits per heavy atom. The number of phosphoric acid groups is 3. The van der Waals surface area contributed by atoms with Crippen LogP contribution in [0.2, 0.25) is 0 Å². The Kier molecular flexibility index (Phi) is 7.68. The van der Waals surface area contributed by atoms with Crippen LogP contribution in [0.1, 0.15) is 0 Å². The van der Waals surface area contributed by atoms with Crippen LogP contribution < -0.4 is 5.73 Å². The lowest BCUT2D eigenvalue weighted by Crippen LogP contribution is -2.49. The molecule has 8 N–H and O–H groups in total. The third kappa shape index (κ3) is 6.49. The molecule has 178 valence electrons. The summed E-state index contributed by atoms with van der Waals surface area (Å²) in [5.41, 5.74) is 3.09. The molecule has 1 saturated heterocycles. The number of hydrogen-bond acceptors (Lipinski definition) is 12. The number of amidine groups is 1. The van der Waals surface area contributed by atoms with Crippen LogP contribution in [-0.2, 0) is 31.6 Å². The summed E-state index contributed by atoms with van der Waals surface area (Å²) < 4.78 is 65.3. The zero-order valence-electron chi connectivity index (χ0n) is 15.2. The lowest BCUT2D eigenvalue weighted by atomic mass is 9.98. The normalized spacial score (nSPS) is 33.1. The van der Waals surface area contributed by atoms with Gasteiger partial charge in [0, 0.05) is 6.20 Å². The number of aliphatic hydroxyl groups excluding tert-OH is 2. The second-order valence-electron chi connectivity index (χ2n) is 6.16. The highest BCUT2D eigenvalue weighted by Crippen LogP contribution is 2.66. The average molecular weight is 513 g/mol. The van der Waals surface area contributed by atoms with E-state index in [2.05, 4.69) is 24.7 Å². The molecule has 0 aromatic carbocycles. The van der Waals surface area contributed by atoms with Gasteiger partial charge in [-0.1, -0.05) is 6.58 Å². The first-order valence-corrected chi connectivity index (χ1v) is 12.4. The van der Waals surface area contributed by atoms with E-state index in [-0.39, 0.29) is 11.7 Å². The summed E-state index contributed by atoms with van der Waals surface area (Å²) in [6, 6.07) is 0. The molecule has 0 radical (unpaired) electrons. The van der Waals surface area contributed by atoms with E-state index in [1.807, 2.05) is 0 Å². The molecule has 0 amide bonds. The number of alkyl halides is 1. The van der Waals surface area contributed by atoms with Crippen LogP contribution in [0.3, 0.4) is 0 Å². The molecule has 16 nitrogen and oxygen atoms in total. The Bertz CT molecular complexity index is 924. The predicted molar refractivity (Wildman–Crippen MR) is 97.2 cm³/mol. The lowest BCUT2D eigenvalue weighted by molar-refractivity contribution is -0.152. The van der Waals surface area contributed by atoms with Crippen LogP contribution in [0, 0.1) is 0 Å². The van der Waals surface area contributed by atoms with Crippen molar-refractivity contribution >= 4 is 29.3 Å². The van der Waals surface area contributed by atoms with Gasteiger partial charge in [0.05, 0.1) is 13.2 Å². The van der Waals surface area contributed by atoms with E-state index in [4.69, 9.17) is 25.2 Å². The van der Waals surface area contributed by atoms with E-state index in [1.165, 1.54) is 12.3 Å². The van der Waals surface area contributed by atoms with E-state index in [1.54, 1.807) is 0 Å². The zero-order chi connectivity index (χ0) is 23.8. The second kappa shape index (κ2) is 9.08. The molecule has 0 aliphatic carbocycles. The van der Waals surface area contributed by atoms with Gasteiger partial charge in [-0.15, -0.1) is 0 Å². The first kappa shape index (κ1) is 26.2. The minimum atomic E-state index is -5.80. The number of halogens is 1. The van der Waals surface area contributed by atoms with Crippen molar-refractivity contribution in [1.82, 2.24) is 4.90 Å². The van der Waals surface area contributed by atoms with Crippen LogP contribution >= 0.6 is 23.5 Å². The van der Waals surface area contributed by atoms with Crippen molar-refractivity contribution in [2.75, 3.05) is 13.2 Å². The first-order chi connectivity index (χ1) is 14.0. The molecular formula is C11H19FN3O13P3. The smallest absolute Gasteiger partial charge is 0.393 e. The van der Waals surface area contributed by atoms with Gasteiger partial charge in [0.2, 0.25) is 0 Å². The number of phosphoric ester groups is 1. The fourth-order valence-corrected chi connectivity index (χ4v) is 5.62. The third-order valence-corrected chi connectivity index (χ3v) is 7.64. The van der Waals surface area contributed by atoms with Crippen molar-refractivity contribution in [2.24, 2.45) is 10.7 Å². The van der Waals surface area contributed by atoms with Crippen LogP contribution in [0.4, 0.5) is 4.39 Å². The Labute approximate surface area is 173 Å². The summed E-state index contributed by atoms with van der Waals surface area (Å²) >= 11 is 0. The number of nitrogens with zero attached hydrogens (tertiary/aromatic N) is 2. The Hall–Kier alpha value is -1.03. The number of aliphatic imine (C=N–C) groups is 1. The fraction of sp³-hybridized carbons (Fsp3) is 0.545. The summed E-state index contributed by atoms with van der Waals surface area (Å²) in [6.07, 6.45) is -3.58. The Morgan fingerprint density at radius 2 is 1.87 bits per heavy atom. The van der Waals surface area contributed by atoms with Crippen LogP contribution in [0.15, 0.2) is 29.7 Å². The molecule has 20 heteroatoms. The minimum absolute atomic E-state index is 0.0382. The van der Waals surface area contributed by atoms with Crippen molar-refractivity contribution in [3.05, 3.63) is 24.7 Å². The number of nitrogens with two attached hydrogens (primary N) is 1. The van der Waals surface area contributed by atoms with E-state index in [0.717, 1.165) is 4.90 Å². The monoisotopic (exact) mass is 513 g/mol. The molecule has 31 heavy (non-hydrogen) atoms. The molecule has 6 atom stereocenters. The Morgan fingerprint density at radius 3 is 2.39 bits per heavy atom. The highest BCUT2D eigenvalue weighted by molar-refractivity contribution is 7.66. The van der Waals surface area contributed by atoms with Crippen molar-refractivity contribution in [3.8, 4) is 0 Å². The van der Waals surface area contributed by atoms with Gasteiger partial charge in [-0.3, -0.25) is 4.52 Å². The van der Waals surface area contributed by atoms with Gasteiger partial charge in [-0.25, -0.2) is 23.1 Å². The molecule has 2 aliphatic rings. The zero-order valence-corrected chi connectivity index (χ0v) is 17.9. The molecule has 2 unspecified atom stereocenters. The highest BCUT2D eigenvalue weighted by atomic mass is 31.3. The van der Waals surface area contributed by atoms with E-state index < -0.39 is 60.8 Å². The maximum absolute atomic E-state index is 14.7. The molecule has 0 saturated carbocycles. The third-order valence-electron chi connectivity index (χ3n) is 3.86. The largest absolute Gasteiger partial charge is 0.490 e. The standard InChI is InChI=1S/C11H19FN3O13P3/c1-6-14-7(13)2-3-15(6)10-8(12)9(17)11(4-16,26-10)5-25-30(21,22)28-31(23,24)27-29(18,19)20/h2-3,8-10,16-17H,1,4-5H2,(H2,13,14)(H,21,22)(H,23,24)(H2,18,19,20)/t8-,9+,10-,11-/m1/s1. The van der Waals surface area contributed by atoms with Gasteiger partial charge in [0.15, 0.2) is 12.4 Å². The molecule has 0 bridgehead atoms. The first-order valence-electron chi connectivity index (χ1n) is 7.90. The molecule has 0 aromatic heterocycles. The molecule has 1 fully saturated rings. The van der Waals surface area contributed by atoms with Gasteiger partial charge in [0.1, 0.15) is 23.4 Å². The average Bonchev–Trinajstić information content (AvgIpc) is 2.82. The summed E-state index contributed by atoms with van der Waals surface area (Å²) in [7, 11) is -17.0. The summed E-state index contributed by atoms with van der Waals surface area (Å²) in [5.74, 6) is -0.0576. The maximum Gasteiger partial charge on any atom is 0.490 e. The SMILES string of the molecule is C=C1N=C(N)C=CN1[C@@H]1O[C@](CO)(COP(=O)(O)OP(=O)(O)OP(=O)(O)O)[C@@H](O)[C@H]1F. The van der Waals surface area contributed by atoms with E-state index >= 15 is 0 Å². The summed E-state index contributed by atoms with van der Waals surface area (Å²) in [5, 5.41) is 19.8. The molecule has 0 aromatic rings.